The van der Waals surface area contributed by atoms with E-state index in [1.165, 1.54) is 52.8 Å². The Kier molecular flexibility index (Phi) is 10.3. The first kappa shape index (κ1) is 36.9. The number of ether oxygens (including phenoxy) is 4. The molecule has 4 aromatic rings. The van der Waals surface area contributed by atoms with Gasteiger partial charge in [-0.25, -0.2) is 0 Å². The zero-order chi connectivity index (χ0) is 38.3. The summed E-state index contributed by atoms with van der Waals surface area (Å²) in [4.78, 5) is 28.1. The van der Waals surface area contributed by atoms with Crippen LogP contribution >= 0.6 is 0 Å². The lowest BCUT2D eigenvalue weighted by Gasteiger charge is -2.42. The number of methoxy groups -OCH3 is 4. The molecular weight excluding hydrogens is 684 g/mol. The third-order valence-corrected chi connectivity index (χ3v) is 11.2. The summed E-state index contributed by atoms with van der Waals surface area (Å²) >= 11 is 0. The second-order valence-corrected chi connectivity index (χ2v) is 14.4. The van der Waals surface area contributed by atoms with Gasteiger partial charge in [0.05, 0.1) is 51.2 Å². The van der Waals surface area contributed by atoms with E-state index in [1.807, 2.05) is 18.2 Å². The van der Waals surface area contributed by atoms with E-state index in [4.69, 9.17) is 30.4 Å². The Labute approximate surface area is 316 Å². The lowest BCUT2D eigenvalue weighted by molar-refractivity contribution is -0.115. The molecular formula is C42H50N6O6. The maximum Gasteiger partial charge on any atom is 0.221 e. The standard InChI is InChI=1S/C23H27N3O4.C19H23N3O2/c1-13(27)24-19-6-5-15-9-21-17-11-20(25-14(2)28)22(29-3)10-16(17)7-8-26(21)12-18(15)23(19)30-4;1-23-18-8-12-5-6-22-10-14-11(3-4-15(20)19(14)24-2)7-17(22)13(12)9-16(18)21/h5-6,10-11,21H,7-9,12H2,1-4H3,(H,24,27)(H,25,28);3-4,8-9,17H,5-7,10,20-21H2,1-2H3/t21-;17-/m00/s1. The maximum absolute atomic E-state index is 11.7. The number of nitrogens with zero attached hydrogens (tertiary/aromatic N) is 2. The summed E-state index contributed by atoms with van der Waals surface area (Å²) in [6.07, 6.45) is 3.70. The van der Waals surface area contributed by atoms with Crippen LogP contribution in [0.1, 0.15) is 70.4 Å². The number of hydrogen-bond acceptors (Lipinski definition) is 10. The molecule has 0 bridgehead atoms. The molecule has 0 radical (unpaired) electrons. The molecule has 0 spiro atoms. The molecule has 4 aliphatic heterocycles. The van der Waals surface area contributed by atoms with Gasteiger partial charge in [0.1, 0.15) is 23.0 Å². The number of carbonyl (C=O) groups excluding carboxylic acids is 2. The number of carbonyl (C=O) groups is 2. The Morgan fingerprint density at radius 2 is 1.13 bits per heavy atom. The number of benzene rings is 4. The second-order valence-electron chi connectivity index (χ2n) is 14.4. The van der Waals surface area contributed by atoms with Crippen molar-refractivity contribution in [3.63, 3.8) is 0 Å². The largest absolute Gasteiger partial charge is 0.495 e. The topological polar surface area (TPSA) is 154 Å². The Bertz CT molecular complexity index is 2120. The molecule has 4 aliphatic rings. The predicted molar refractivity (Wildman–Crippen MR) is 211 cm³/mol. The molecule has 54 heavy (non-hydrogen) atoms. The minimum atomic E-state index is -0.120. The van der Waals surface area contributed by atoms with Crippen LogP contribution in [0.15, 0.2) is 48.5 Å². The molecule has 4 aromatic carbocycles. The van der Waals surface area contributed by atoms with Gasteiger partial charge >= 0.3 is 0 Å². The van der Waals surface area contributed by atoms with E-state index < -0.39 is 0 Å². The SMILES string of the molecule is COc1cc2c(cc1N)[C@@H]1Cc3ccc(N)c(OC)c3CN1CC2.COc1cc2c(cc1NC(C)=O)[C@@H]1Cc3ccc(NC(C)=O)c(OC)c3CN1CC2. The van der Waals surface area contributed by atoms with Crippen LogP contribution in [-0.2, 0) is 48.4 Å². The van der Waals surface area contributed by atoms with Gasteiger partial charge in [-0.3, -0.25) is 19.4 Å². The highest BCUT2D eigenvalue weighted by Crippen LogP contribution is 2.46. The number of rotatable bonds is 6. The van der Waals surface area contributed by atoms with Crippen LogP contribution in [0.4, 0.5) is 22.7 Å². The molecule has 0 aliphatic carbocycles. The minimum Gasteiger partial charge on any atom is -0.495 e. The van der Waals surface area contributed by atoms with Gasteiger partial charge in [0.25, 0.3) is 0 Å². The van der Waals surface area contributed by atoms with Crippen LogP contribution in [0.25, 0.3) is 0 Å². The first-order valence-electron chi connectivity index (χ1n) is 18.4. The fourth-order valence-electron chi connectivity index (χ4n) is 8.74. The van der Waals surface area contributed by atoms with E-state index in [-0.39, 0.29) is 17.9 Å². The molecule has 0 unspecified atom stereocenters. The van der Waals surface area contributed by atoms with Crippen molar-refractivity contribution < 1.29 is 28.5 Å². The van der Waals surface area contributed by atoms with E-state index in [1.54, 1.807) is 28.4 Å². The Hall–Kier alpha value is -5.46. The fraction of sp³-hybridized carbons (Fsp3) is 0.381. The highest BCUT2D eigenvalue weighted by molar-refractivity contribution is 5.91. The van der Waals surface area contributed by atoms with Crippen LogP contribution in [-0.4, -0.2) is 63.1 Å². The average molecular weight is 735 g/mol. The van der Waals surface area contributed by atoms with Gasteiger partial charge in [-0.05, 0) is 95.5 Å². The quantitative estimate of drug-likeness (QED) is 0.179. The van der Waals surface area contributed by atoms with E-state index in [0.717, 1.165) is 74.7 Å². The first-order chi connectivity index (χ1) is 26.0. The highest BCUT2D eigenvalue weighted by atomic mass is 16.5. The van der Waals surface area contributed by atoms with Gasteiger partial charge in [0.15, 0.2) is 0 Å². The third kappa shape index (κ3) is 6.87. The molecule has 12 nitrogen and oxygen atoms in total. The molecule has 2 atom stereocenters. The zero-order valence-electron chi connectivity index (χ0n) is 31.9. The predicted octanol–water partition coefficient (Wildman–Crippen LogP) is 5.80. The summed E-state index contributed by atoms with van der Waals surface area (Å²) < 4.78 is 22.1. The van der Waals surface area contributed by atoms with Crippen LogP contribution < -0.4 is 41.0 Å². The van der Waals surface area contributed by atoms with Gasteiger partial charge in [-0.15, -0.1) is 0 Å². The molecule has 8 rings (SSSR count). The maximum atomic E-state index is 11.7. The van der Waals surface area contributed by atoms with E-state index in [9.17, 15) is 9.59 Å². The summed E-state index contributed by atoms with van der Waals surface area (Å²) in [6, 6.07) is 16.9. The summed E-state index contributed by atoms with van der Waals surface area (Å²) in [7, 11) is 6.62. The number of fused-ring (bicyclic) bond motifs is 8. The number of nitrogen functional groups attached to an aromatic ring is 2. The van der Waals surface area contributed by atoms with Crippen molar-refractivity contribution in [3.05, 3.63) is 93.0 Å². The summed E-state index contributed by atoms with van der Waals surface area (Å²) in [6.45, 7) is 6.55. The zero-order valence-corrected chi connectivity index (χ0v) is 31.9. The lowest BCUT2D eigenvalue weighted by atomic mass is 9.83. The molecule has 12 heteroatoms. The normalized spacial score (nSPS) is 18.1. The second kappa shape index (κ2) is 15.1. The Morgan fingerprint density at radius 1 is 0.611 bits per heavy atom. The molecule has 0 aromatic heterocycles. The van der Waals surface area contributed by atoms with Crippen LogP contribution in [0.5, 0.6) is 23.0 Å². The number of nitrogens with two attached hydrogens (primary N) is 2. The van der Waals surface area contributed by atoms with Gasteiger partial charge in [-0.2, -0.15) is 0 Å². The molecule has 0 saturated carbocycles. The molecule has 0 fully saturated rings. The van der Waals surface area contributed by atoms with Crippen molar-refractivity contribution in [1.29, 1.82) is 0 Å². The van der Waals surface area contributed by atoms with Gasteiger partial charge in [0.2, 0.25) is 11.8 Å². The minimum absolute atomic E-state index is 0.117. The van der Waals surface area contributed by atoms with Crippen LogP contribution in [0.2, 0.25) is 0 Å². The number of hydrogen-bond donors (Lipinski definition) is 4. The van der Waals surface area contributed by atoms with Crippen molar-refractivity contribution in [2.45, 2.75) is 64.7 Å². The fourth-order valence-corrected chi connectivity index (χ4v) is 8.74. The van der Waals surface area contributed by atoms with E-state index >= 15 is 0 Å². The Balaban J connectivity index is 0.000000171. The van der Waals surface area contributed by atoms with Gasteiger partial charge < -0.3 is 41.0 Å². The van der Waals surface area contributed by atoms with Gasteiger partial charge in [-0.1, -0.05) is 12.1 Å². The third-order valence-electron chi connectivity index (χ3n) is 11.2. The first-order valence-corrected chi connectivity index (χ1v) is 18.4. The van der Waals surface area contributed by atoms with Gasteiger partial charge in [0, 0.05) is 63.2 Å². The Morgan fingerprint density at radius 3 is 1.69 bits per heavy atom. The monoisotopic (exact) mass is 734 g/mol. The molecule has 284 valence electrons. The number of anilines is 4. The average Bonchev–Trinajstić information content (AvgIpc) is 3.15. The van der Waals surface area contributed by atoms with Crippen LogP contribution in [0, 0.1) is 0 Å². The summed E-state index contributed by atoms with van der Waals surface area (Å²) in [5, 5.41) is 5.75. The molecule has 0 saturated heterocycles. The number of nitrogens with one attached hydrogen (secondary N) is 2. The summed E-state index contributed by atoms with van der Waals surface area (Å²) in [5.74, 6) is 2.79. The van der Waals surface area contributed by atoms with Crippen molar-refractivity contribution in [3.8, 4) is 23.0 Å². The molecule has 2 amide bonds. The van der Waals surface area contributed by atoms with Crippen molar-refractivity contribution >= 4 is 34.6 Å². The summed E-state index contributed by atoms with van der Waals surface area (Å²) in [5.41, 5.74) is 25.1. The van der Waals surface area contributed by atoms with Crippen LogP contribution in [0.3, 0.4) is 0 Å². The van der Waals surface area contributed by atoms with Crippen molar-refractivity contribution in [1.82, 2.24) is 9.80 Å². The smallest absolute Gasteiger partial charge is 0.221 e. The number of amides is 2. The molecule has 4 heterocycles. The lowest BCUT2D eigenvalue weighted by Crippen LogP contribution is -2.39. The van der Waals surface area contributed by atoms with E-state index in [2.05, 4.69) is 50.8 Å². The highest BCUT2D eigenvalue weighted by Gasteiger charge is 2.36. The van der Waals surface area contributed by atoms with Crippen molar-refractivity contribution in [2.75, 3.05) is 63.6 Å². The molecule has 6 N–H and O–H groups in total. The van der Waals surface area contributed by atoms with E-state index in [0.29, 0.717) is 34.5 Å². The van der Waals surface area contributed by atoms with Crippen molar-refractivity contribution in [2.24, 2.45) is 0 Å².